The van der Waals surface area contributed by atoms with E-state index >= 15 is 0 Å². The average molecular weight is 231 g/mol. The number of hydrogen-bond acceptors (Lipinski definition) is 3. The first kappa shape index (κ1) is 7.89. The van der Waals surface area contributed by atoms with Gasteiger partial charge in [-0.2, -0.15) is 0 Å². The van der Waals surface area contributed by atoms with Gasteiger partial charge in [0.1, 0.15) is 0 Å². The third-order valence-electron chi connectivity index (χ3n) is 1.74. The standard InChI is InChI=1S/C8H7BrO3/c9-6-1-2-7-8(5(6)3-10)12-4-11-7/h1-2,10H,3-4H2. The van der Waals surface area contributed by atoms with E-state index in [1.165, 1.54) is 0 Å². The molecule has 0 aromatic heterocycles. The van der Waals surface area contributed by atoms with E-state index in [-0.39, 0.29) is 13.4 Å². The Hall–Kier alpha value is -0.740. The second-order valence-corrected chi connectivity index (χ2v) is 3.27. The smallest absolute Gasteiger partial charge is 0.231 e. The zero-order valence-corrected chi connectivity index (χ0v) is 7.80. The van der Waals surface area contributed by atoms with E-state index in [1.807, 2.05) is 12.1 Å². The quantitative estimate of drug-likeness (QED) is 0.798. The SMILES string of the molecule is OCc1c(Br)ccc2c1OCO2. The first-order chi connectivity index (χ1) is 5.83. The van der Waals surface area contributed by atoms with Gasteiger partial charge in [-0.05, 0) is 12.1 Å². The zero-order chi connectivity index (χ0) is 8.55. The summed E-state index contributed by atoms with van der Waals surface area (Å²) in [6, 6.07) is 3.64. The average Bonchev–Trinajstić information content (AvgIpc) is 2.52. The molecule has 0 spiro atoms. The molecule has 0 aliphatic carbocycles. The molecule has 1 aromatic carbocycles. The van der Waals surface area contributed by atoms with Gasteiger partial charge in [-0.25, -0.2) is 0 Å². The zero-order valence-electron chi connectivity index (χ0n) is 6.21. The first-order valence-electron chi connectivity index (χ1n) is 3.51. The summed E-state index contributed by atoms with van der Waals surface area (Å²) in [5.74, 6) is 1.34. The molecular formula is C8H7BrO3. The third kappa shape index (κ3) is 1.07. The lowest BCUT2D eigenvalue weighted by Gasteiger charge is -2.04. The Morgan fingerprint density at radius 2 is 2.25 bits per heavy atom. The van der Waals surface area contributed by atoms with Gasteiger partial charge < -0.3 is 14.6 Å². The highest BCUT2D eigenvalue weighted by Gasteiger charge is 2.18. The van der Waals surface area contributed by atoms with Crippen molar-refractivity contribution in [3.8, 4) is 11.5 Å². The van der Waals surface area contributed by atoms with Gasteiger partial charge in [0.05, 0.1) is 6.61 Å². The molecule has 12 heavy (non-hydrogen) atoms. The Morgan fingerprint density at radius 1 is 1.42 bits per heavy atom. The van der Waals surface area contributed by atoms with Crippen molar-refractivity contribution in [3.05, 3.63) is 22.2 Å². The van der Waals surface area contributed by atoms with Crippen molar-refractivity contribution in [3.63, 3.8) is 0 Å². The van der Waals surface area contributed by atoms with Crippen molar-refractivity contribution in [2.45, 2.75) is 6.61 Å². The van der Waals surface area contributed by atoms with E-state index in [0.717, 1.165) is 10.0 Å². The summed E-state index contributed by atoms with van der Waals surface area (Å²) in [5, 5.41) is 9.02. The lowest BCUT2D eigenvalue weighted by atomic mass is 10.2. The maximum Gasteiger partial charge on any atom is 0.231 e. The van der Waals surface area contributed by atoms with Crippen LogP contribution in [-0.4, -0.2) is 11.9 Å². The minimum Gasteiger partial charge on any atom is -0.454 e. The largest absolute Gasteiger partial charge is 0.454 e. The predicted molar refractivity (Wildman–Crippen MR) is 46.2 cm³/mol. The Kier molecular flexibility index (Phi) is 1.94. The van der Waals surface area contributed by atoms with Gasteiger partial charge in [-0.15, -0.1) is 0 Å². The molecular weight excluding hydrogens is 224 g/mol. The van der Waals surface area contributed by atoms with Gasteiger partial charge in [0.2, 0.25) is 6.79 Å². The van der Waals surface area contributed by atoms with Gasteiger partial charge in [-0.1, -0.05) is 15.9 Å². The van der Waals surface area contributed by atoms with E-state index in [4.69, 9.17) is 14.6 Å². The van der Waals surface area contributed by atoms with E-state index in [0.29, 0.717) is 11.5 Å². The van der Waals surface area contributed by atoms with Crippen LogP contribution in [0.3, 0.4) is 0 Å². The van der Waals surface area contributed by atoms with Crippen LogP contribution >= 0.6 is 15.9 Å². The number of ether oxygens (including phenoxy) is 2. The fraction of sp³-hybridized carbons (Fsp3) is 0.250. The normalized spacial score (nSPS) is 13.5. The third-order valence-corrected chi connectivity index (χ3v) is 2.49. The summed E-state index contributed by atoms with van der Waals surface area (Å²) in [5.41, 5.74) is 0.741. The number of hydrogen-bond donors (Lipinski definition) is 1. The van der Waals surface area contributed by atoms with Gasteiger partial charge >= 0.3 is 0 Å². The first-order valence-corrected chi connectivity index (χ1v) is 4.30. The molecule has 0 amide bonds. The lowest BCUT2D eigenvalue weighted by molar-refractivity contribution is 0.171. The maximum absolute atomic E-state index is 9.02. The number of aliphatic hydroxyl groups excluding tert-OH is 1. The highest BCUT2D eigenvalue weighted by molar-refractivity contribution is 9.10. The highest BCUT2D eigenvalue weighted by Crippen LogP contribution is 2.39. The van der Waals surface area contributed by atoms with Gasteiger partial charge in [0, 0.05) is 10.0 Å². The summed E-state index contributed by atoms with van der Waals surface area (Å²) in [7, 11) is 0. The minimum absolute atomic E-state index is 0.0485. The predicted octanol–water partition coefficient (Wildman–Crippen LogP) is 1.67. The monoisotopic (exact) mass is 230 g/mol. The topological polar surface area (TPSA) is 38.7 Å². The van der Waals surface area contributed by atoms with E-state index in [9.17, 15) is 0 Å². The van der Waals surface area contributed by atoms with Crippen molar-refractivity contribution < 1.29 is 14.6 Å². The van der Waals surface area contributed by atoms with Crippen LogP contribution in [0.2, 0.25) is 0 Å². The summed E-state index contributed by atoms with van der Waals surface area (Å²) < 4.78 is 11.2. The molecule has 3 nitrogen and oxygen atoms in total. The molecule has 0 bridgehead atoms. The van der Waals surface area contributed by atoms with Crippen LogP contribution in [0.25, 0.3) is 0 Å². The van der Waals surface area contributed by atoms with Crippen molar-refractivity contribution in [2.75, 3.05) is 6.79 Å². The second kappa shape index (κ2) is 2.95. The van der Waals surface area contributed by atoms with Crippen LogP contribution in [0.5, 0.6) is 11.5 Å². The molecule has 1 aliphatic heterocycles. The van der Waals surface area contributed by atoms with Crippen LogP contribution in [0.4, 0.5) is 0 Å². The molecule has 1 heterocycles. The number of halogens is 1. The van der Waals surface area contributed by atoms with Crippen LogP contribution in [0, 0.1) is 0 Å². The Balaban J connectivity index is 2.57. The summed E-state index contributed by atoms with van der Waals surface area (Å²) >= 11 is 3.31. The van der Waals surface area contributed by atoms with E-state index in [2.05, 4.69) is 15.9 Å². The fourth-order valence-corrected chi connectivity index (χ4v) is 1.59. The molecule has 2 rings (SSSR count). The van der Waals surface area contributed by atoms with E-state index < -0.39 is 0 Å². The molecule has 1 aromatic rings. The van der Waals surface area contributed by atoms with Crippen molar-refractivity contribution in [1.29, 1.82) is 0 Å². The summed E-state index contributed by atoms with van der Waals surface area (Å²) in [6.07, 6.45) is 0. The number of rotatable bonds is 1. The molecule has 0 atom stereocenters. The van der Waals surface area contributed by atoms with Gasteiger partial charge in [0.15, 0.2) is 11.5 Å². The molecule has 64 valence electrons. The van der Waals surface area contributed by atoms with Crippen LogP contribution in [0.1, 0.15) is 5.56 Å². The van der Waals surface area contributed by atoms with Crippen LogP contribution in [-0.2, 0) is 6.61 Å². The second-order valence-electron chi connectivity index (χ2n) is 2.42. The molecule has 0 fully saturated rings. The van der Waals surface area contributed by atoms with Crippen LogP contribution < -0.4 is 9.47 Å². The van der Waals surface area contributed by atoms with E-state index in [1.54, 1.807) is 0 Å². The van der Waals surface area contributed by atoms with Crippen LogP contribution in [0.15, 0.2) is 16.6 Å². The van der Waals surface area contributed by atoms with Crippen molar-refractivity contribution in [1.82, 2.24) is 0 Å². The molecule has 0 radical (unpaired) electrons. The molecule has 0 saturated heterocycles. The fourth-order valence-electron chi connectivity index (χ4n) is 1.15. The Bertz CT molecular complexity index is 311. The molecule has 1 N–H and O–H groups in total. The molecule has 1 aliphatic rings. The van der Waals surface area contributed by atoms with Gasteiger partial charge in [-0.3, -0.25) is 0 Å². The number of fused-ring (bicyclic) bond motifs is 1. The van der Waals surface area contributed by atoms with Gasteiger partial charge in [0.25, 0.3) is 0 Å². The summed E-state index contributed by atoms with van der Waals surface area (Å²) in [4.78, 5) is 0. The lowest BCUT2D eigenvalue weighted by Crippen LogP contribution is -1.94. The molecule has 0 unspecified atom stereocenters. The minimum atomic E-state index is -0.0485. The Labute approximate surface area is 78.0 Å². The van der Waals surface area contributed by atoms with Crippen molar-refractivity contribution in [2.24, 2.45) is 0 Å². The molecule has 4 heteroatoms. The Morgan fingerprint density at radius 3 is 3.00 bits per heavy atom. The highest BCUT2D eigenvalue weighted by atomic mass is 79.9. The molecule has 0 saturated carbocycles. The number of benzene rings is 1. The maximum atomic E-state index is 9.02. The summed E-state index contributed by atoms with van der Waals surface area (Å²) in [6.45, 7) is 0.186. The van der Waals surface area contributed by atoms with Crippen molar-refractivity contribution >= 4 is 15.9 Å². The number of aliphatic hydroxyl groups is 1.